The molecule has 1 N–H and O–H groups in total. The number of carbonyl (C=O) groups is 1. The number of hydrogen-bond donors (Lipinski definition) is 1. The fourth-order valence-corrected chi connectivity index (χ4v) is 3.80. The lowest BCUT2D eigenvalue weighted by atomic mass is 9.99. The quantitative estimate of drug-likeness (QED) is 0.706. The smallest absolute Gasteiger partial charge is 0.242 e. The fraction of sp³-hybridized carbons (Fsp3) is 0.923. The minimum absolute atomic E-state index is 0.0950. The summed E-state index contributed by atoms with van der Waals surface area (Å²) < 4.78 is 24.5. The maximum Gasteiger partial charge on any atom is 0.242 e. The van der Waals surface area contributed by atoms with E-state index < -0.39 is 15.6 Å². The molecule has 1 amide bonds. The van der Waals surface area contributed by atoms with Crippen LogP contribution in [0.2, 0.25) is 0 Å². The molecule has 2 fully saturated rings. The van der Waals surface area contributed by atoms with Gasteiger partial charge in [-0.25, -0.2) is 8.42 Å². The molecule has 0 saturated carbocycles. The van der Waals surface area contributed by atoms with Crippen molar-refractivity contribution < 1.29 is 13.2 Å². The van der Waals surface area contributed by atoms with Gasteiger partial charge in [-0.3, -0.25) is 9.69 Å². The Labute approximate surface area is 127 Å². The van der Waals surface area contributed by atoms with Crippen molar-refractivity contribution in [1.82, 2.24) is 19.4 Å². The SMILES string of the molecule is CC(C)(C(=O)N1CCN(S(C)(=O)=O)CC1)N1CCNCC1. The molecule has 0 unspecified atom stereocenters. The number of nitrogens with one attached hydrogen (secondary N) is 1. The summed E-state index contributed by atoms with van der Waals surface area (Å²) in [5.74, 6) is 0.0950. The summed E-state index contributed by atoms with van der Waals surface area (Å²) in [6.45, 7) is 9.18. The lowest BCUT2D eigenvalue weighted by molar-refractivity contribution is -0.144. The van der Waals surface area contributed by atoms with Gasteiger partial charge in [-0.05, 0) is 13.8 Å². The molecule has 0 aromatic heterocycles. The highest BCUT2D eigenvalue weighted by Crippen LogP contribution is 2.20. The number of carbonyl (C=O) groups excluding carboxylic acids is 1. The third kappa shape index (κ3) is 3.74. The molecule has 21 heavy (non-hydrogen) atoms. The van der Waals surface area contributed by atoms with Crippen molar-refractivity contribution in [2.24, 2.45) is 0 Å². The Morgan fingerprint density at radius 2 is 1.52 bits per heavy atom. The summed E-state index contributed by atoms with van der Waals surface area (Å²) >= 11 is 0. The maximum absolute atomic E-state index is 12.8. The summed E-state index contributed by atoms with van der Waals surface area (Å²) in [5, 5.41) is 3.29. The number of rotatable bonds is 3. The van der Waals surface area contributed by atoms with Crippen LogP contribution in [0.4, 0.5) is 0 Å². The van der Waals surface area contributed by atoms with Crippen LogP contribution >= 0.6 is 0 Å². The summed E-state index contributed by atoms with van der Waals surface area (Å²) in [7, 11) is -3.15. The molecule has 2 aliphatic rings. The van der Waals surface area contributed by atoms with Gasteiger partial charge in [0.2, 0.25) is 15.9 Å². The topological polar surface area (TPSA) is 73.0 Å². The zero-order chi connectivity index (χ0) is 15.7. The van der Waals surface area contributed by atoms with Gasteiger partial charge in [0.25, 0.3) is 0 Å². The Balaban J connectivity index is 1.97. The van der Waals surface area contributed by atoms with Gasteiger partial charge in [-0.1, -0.05) is 0 Å². The van der Waals surface area contributed by atoms with E-state index in [0.717, 1.165) is 26.2 Å². The predicted molar refractivity (Wildman–Crippen MR) is 81.5 cm³/mol. The molecule has 0 aromatic rings. The normalized spacial score (nSPS) is 23.3. The van der Waals surface area contributed by atoms with E-state index in [1.807, 2.05) is 13.8 Å². The highest BCUT2D eigenvalue weighted by molar-refractivity contribution is 7.88. The first-order valence-corrected chi connectivity index (χ1v) is 9.28. The van der Waals surface area contributed by atoms with Crippen LogP contribution in [-0.2, 0) is 14.8 Å². The van der Waals surface area contributed by atoms with Crippen LogP contribution in [0.3, 0.4) is 0 Å². The lowest BCUT2D eigenvalue weighted by Crippen LogP contribution is -2.63. The van der Waals surface area contributed by atoms with E-state index in [1.54, 1.807) is 4.90 Å². The van der Waals surface area contributed by atoms with Crippen molar-refractivity contribution >= 4 is 15.9 Å². The van der Waals surface area contributed by atoms with E-state index in [-0.39, 0.29) is 5.91 Å². The summed E-state index contributed by atoms with van der Waals surface area (Å²) in [6, 6.07) is 0. The average Bonchev–Trinajstić information content (AvgIpc) is 2.46. The minimum atomic E-state index is -3.15. The second kappa shape index (κ2) is 6.20. The van der Waals surface area contributed by atoms with Gasteiger partial charge in [0.15, 0.2) is 0 Å². The minimum Gasteiger partial charge on any atom is -0.338 e. The standard InChI is InChI=1S/C13H26N4O3S/c1-13(2,16-6-4-14-5-7-16)12(18)15-8-10-17(11-9-15)21(3,19)20/h14H,4-11H2,1-3H3. The second-order valence-corrected chi connectivity index (χ2v) is 8.23. The molecule has 0 aromatic carbocycles. The molecule has 2 aliphatic heterocycles. The first-order valence-electron chi connectivity index (χ1n) is 7.43. The molecule has 0 radical (unpaired) electrons. The molecule has 0 bridgehead atoms. The van der Waals surface area contributed by atoms with Gasteiger partial charge >= 0.3 is 0 Å². The second-order valence-electron chi connectivity index (χ2n) is 6.25. The van der Waals surface area contributed by atoms with Gasteiger partial charge < -0.3 is 10.2 Å². The van der Waals surface area contributed by atoms with Crippen molar-refractivity contribution in [3.63, 3.8) is 0 Å². The van der Waals surface area contributed by atoms with Crippen LogP contribution in [0, 0.1) is 0 Å². The molecule has 2 saturated heterocycles. The number of hydrogen-bond acceptors (Lipinski definition) is 5. The first-order chi connectivity index (χ1) is 9.73. The largest absolute Gasteiger partial charge is 0.338 e. The molecule has 122 valence electrons. The molecule has 8 heteroatoms. The average molecular weight is 318 g/mol. The van der Waals surface area contributed by atoms with E-state index in [9.17, 15) is 13.2 Å². The van der Waals surface area contributed by atoms with E-state index in [0.29, 0.717) is 26.2 Å². The molecule has 2 heterocycles. The van der Waals surface area contributed by atoms with Crippen molar-refractivity contribution in [1.29, 1.82) is 0 Å². The van der Waals surface area contributed by atoms with Crippen molar-refractivity contribution in [2.45, 2.75) is 19.4 Å². The highest BCUT2D eigenvalue weighted by atomic mass is 32.2. The highest BCUT2D eigenvalue weighted by Gasteiger charge is 2.39. The number of sulfonamides is 1. The van der Waals surface area contributed by atoms with Crippen molar-refractivity contribution in [2.75, 3.05) is 58.6 Å². The molecule has 0 atom stereocenters. The number of amides is 1. The van der Waals surface area contributed by atoms with Gasteiger partial charge in [0, 0.05) is 52.4 Å². The Morgan fingerprint density at radius 3 is 2.00 bits per heavy atom. The van der Waals surface area contributed by atoms with Gasteiger partial charge in [0.05, 0.1) is 11.8 Å². The molecule has 2 rings (SSSR count). The third-order valence-corrected chi connectivity index (χ3v) is 5.73. The Hall–Kier alpha value is -0.700. The van der Waals surface area contributed by atoms with E-state index in [1.165, 1.54) is 10.6 Å². The van der Waals surface area contributed by atoms with Crippen molar-refractivity contribution in [3.8, 4) is 0 Å². The van der Waals surface area contributed by atoms with Crippen LogP contribution in [0.5, 0.6) is 0 Å². The van der Waals surface area contributed by atoms with Crippen molar-refractivity contribution in [3.05, 3.63) is 0 Å². The van der Waals surface area contributed by atoms with Crippen LogP contribution in [0.1, 0.15) is 13.8 Å². The first kappa shape index (κ1) is 16.7. The van der Waals surface area contributed by atoms with Crippen LogP contribution < -0.4 is 5.32 Å². The molecular weight excluding hydrogens is 292 g/mol. The van der Waals surface area contributed by atoms with E-state index in [2.05, 4.69) is 10.2 Å². The van der Waals surface area contributed by atoms with E-state index in [4.69, 9.17) is 0 Å². The van der Waals surface area contributed by atoms with Gasteiger partial charge in [0.1, 0.15) is 0 Å². The molecular formula is C13H26N4O3S. The van der Waals surface area contributed by atoms with Gasteiger partial charge in [-0.2, -0.15) is 4.31 Å². The summed E-state index contributed by atoms with van der Waals surface area (Å²) in [5.41, 5.74) is -0.532. The Bertz CT molecular complexity index is 478. The van der Waals surface area contributed by atoms with E-state index >= 15 is 0 Å². The maximum atomic E-state index is 12.8. The van der Waals surface area contributed by atoms with Crippen LogP contribution in [0.15, 0.2) is 0 Å². The zero-order valence-corrected chi connectivity index (χ0v) is 13.9. The predicted octanol–water partition coefficient (Wildman–Crippen LogP) is -1.23. The zero-order valence-electron chi connectivity index (χ0n) is 13.1. The number of nitrogens with zero attached hydrogens (tertiary/aromatic N) is 3. The lowest BCUT2D eigenvalue weighted by Gasteiger charge is -2.44. The monoisotopic (exact) mass is 318 g/mol. The fourth-order valence-electron chi connectivity index (χ4n) is 2.97. The van der Waals surface area contributed by atoms with Crippen LogP contribution in [-0.4, -0.2) is 92.6 Å². The number of piperazine rings is 2. The summed E-state index contributed by atoms with van der Waals surface area (Å²) in [6.07, 6.45) is 1.22. The summed E-state index contributed by atoms with van der Waals surface area (Å²) in [4.78, 5) is 16.8. The molecule has 0 aliphatic carbocycles. The Kier molecular flexibility index (Phi) is 4.92. The third-order valence-electron chi connectivity index (χ3n) is 4.43. The van der Waals surface area contributed by atoms with Crippen LogP contribution in [0.25, 0.3) is 0 Å². The molecule has 0 spiro atoms. The molecule has 7 nitrogen and oxygen atoms in total. The Morgan fingerprint density at radius 1 is 1.00 bits per heavy atom. The van der Waals surface area contributed by atoms with Gasteiger partial charge in [-0.15, -0.1) is 0 Å².